The summed E-state index contributed by atoms with van der Waals surface area (Å²) in [7, 11) is 0. The summed E-state index contributed by atoms with van der Waals surface area (Å²) in [6.07, 6.45) is 2.06. The van der Waals surface area contributed by atoms with E-state index in [0.29, 0.717) is 0 Å². The fraction of sp³-hybridized carbons (Fsp3) is 0.231. The molecule has 0 aromatic carbocycles. The molecule has 0 fully saturated rings. The highest BCUT2D eigenvalue weighted by Gasteiger charge is 2.19. The Bertz CT molecular complexity index is 588. The van der Waals surface area contributed by atoms with E-state index in [1.54, 1.807) is 11.3 Å². The van der Waals surface area contributed by atoms with E-state index in [0.717, 1.165) is 11.3 Å². The van der Waals surface area contributed by atoms with Crippen LogP contribution in [-0.2, 0) is 0 Å². The maximum absolute atomic E-state index is 14.0. The molecular weight excluding hydrogens is 279 g/mol. The molecule has 0 bridgehead atoms. The van der Waals surface area contributed by atoms with Crippen molar-refractivity contribution in [2.75, 3.05) is 5.43 Å². The van der Waals surface area contributed by atoms with E-state index < -0.39 is 11.7 Å². The molecule has 2 heterocycles. The van der Waals surface area contributed by atoms with E-state index in [9.17, 15) is 9.18 Å². The Morgan fingerprint density at radius 3 is 2.95 bits per heavy atom. The molecule has 106 valence electrons. The van der Waals surface area contributed by atoms with Crippen molar-refractivity contribution in [2.45, 2.75) is 19.4 Å². The van der Waals surface area contributed by atoms with Crippen LogP contribution in [0, 0.1) is 5.82 Å². The van der Waals surface area contributed by atoms with Gasteiger partial charge in [-0.15, -0.1) is 11.3 Å². The molecule has 0 aliphatic carbocycles. The number of pyridine rings is 1. The molecule has 1 atom stereocenters. The lowest BCUT2D eigenvalue weighted by Gasteiger charge is -2.16. The summed E-state index contributed by atoms with van der Waals surface area (Å²) in [6.45, 7) is 1.96. The lowest BCUT2D eigenvalue weighted by Crippen LogP contribution is -2.29. The van der Waals surface area contributed by atoms with Crippen molar-refractivity contribution in [3.63, 3.8) is 0 Å². The third kappa shape index (κ3) is 2.94. The third-order valence-electron chi connectivity index (χ3n) is 2.87. The first kappa shape index (κ1) is 14.4. The van der Waals surface area contributed by atoms with Gasteiger partial charge in [-0.3, -0.25) is 4.79 Å². The first-order valence-electron chi connectivity index (χ1n) is 6.12. The van der Waals surface area contributed by atoms with Crippen LogP contribution in [0.1, 0.15) is 34.6 Å². The number of amides is 1. The van der Waals surface area contributed by atoms with Crippen molar-refractivity contribution in [3.05, 3.63) is 46.0 Å². The summed E-state index contributed by atoms with van der Waals surface area (Å²) in [4.78, 5) is 16.9. The molecule has 1 amide bonds. The molecule has 5 nitrogen and oxygen atoms in total. The third-order valence-corrected chi connectivity index (χ3v) is 3.86. The number of nitrogen functional groups attached to an aromatic ring is 1. The van der Waals surface area contributed by atoms with Gasteiger partial charge in [0.2, 0.25) is 0 Å². The van der Waals surface area contributed by atoms with E-state index >= 15 is 0 Å². The zero-order valence-corrected chi connectivity index (χ0v) is 11.7. The number of carbonyl (C=O) groups is 1. The molecule has 20 heavy (non-hydrogen) atoms. The summed E-state index contributed by atoms with van der Waals surface area (Å²) in [6, 6.07) is 5.05. The second-order valence-corrected chi connectivity index (χ2v) is 5.09. The molecule has 4 N–H and O–H groups in total. The number of nitrogens with zero attached hydrogens (tertiary/aromatic N) is 1. The van der Waals surface area contributed by atoms with Crippen molar-refractivity contribution in [2.24, 2.45) is 5.84 Å². The van der Waals surface area contributed by atoms with E-state index in [-0.39, 0.29) is 17.4 Å². The molecule has 7 heteroatoms. The van der Waals surface area contributed by atoms with Gasteiger partial charge in [-0.2, -0.15) is 0 Å². The maximum atomic E-state index is 14.0. The summed E-state index contributed by atoms with van der Waals surface area (Å²) in [5.74, 6) is 3.75. The van der Waals surface area contributed by atoms with Gasteiger partial charge in [-0.05, 0) is 23.9 Å². The zero-order chi connectivity index (χ0) is 14.5. The van der Waals surface area contributed by atoms with E-state index in [4.69, 9.17) is 5.84 Å². The maximum Gasteiger partial charge on any atom is 0.254 e. The Hall–Kier alpha value is -1.99. The van der Waals surface area contributed by atoms with Gasteiger partial charge in [0.1, 0.15) is 0 Å². The van der Waals surface area contributed by atoms with Crippen LogP contribution in [0.25, 0.3) is 0 Å². The Morgan fingerprint density at radius 2 is 2.35 bits per heavy atom. The standard InChI is InChI=1S/C13H15FN4OS/c1-2-9(10-4-3-7-20-10)17-13(19)8-5-6-16-12(18-15)11(8)14/h3-7,9H,2,15H2,1H3,(H,16,18)(H,17,19). The largest absolute Gasteiger partial charge is 0.344 e. The molecule has 0 saturated heterocycles. The predicted octanol–water partition coefficient (Wildman–Crippen LogP) is 2.45. The number of anilines is 1. The number of thiophene rings is 1. The lowest BCUT2D eigenvalue weighted by atomic mass is 10.1. The highest BCUT2D eigenvalue weighted by Crippen LogP contribution is 2.23. The second kappa shape index (κ2) is 6.44. The van der Waals surface area contributed by atoms with Crippen molar-refractivity contribution in [1.82, 2.24) is 10.3 Å². The van der Waals surface area contributed by atoms with E-state index in [1.807, 2.05) is 24.4 Å². The molecule has 0 aliphatic heterocycles. The smallest absolute Gasteiger partial charge is 0.254 e. The van der Waals surface area contributed by atoms with Gasteiger partial charge in [-0.1, -0.05) is 13.0 Å². The van der Waals surface area contributed by atoms with Crippen molar-refractivity contribution in [3.8, 4) is 0 Å². The normalized spacial score (nSPS) is 11.9. The van der Waals surface area contributed by atoms with Crippen LogP contribution in [0.5, 0.6) is 0 Å². The molecule has 2 aromatic rings. The summed E-state index contributed by atoms with van der Waals surface area (Å²) >= 11 is 1.55. The summed E-state index contributed by atoms with van der Waals surface area (Å²) in [5.41, 5.74) is 2.04. The number of nitrogens with one attached hydrogen (secondary N) is 2. The molecule has 0 spiro atoms. The Kier molecular flexibility index (Phi) is 4.65. The van der Waals surface area contributed by atoms with Gasteiger partial charge in [0.15, 0.2) is 11.6 Å². The highest BCUT2D eigenvalue weighted by atomic mass is 32.1. The van der Waals surface area contributed by atoms with Crippen LogP contribution in [0.3, 0.4) is 0 Å². The molecule has 0 aliphatic rings. The van der Waals surface area contributed by atoms with Crippen LogP contribution in [-0.4, -0.2) is 10.9 Å². The van der Waals surface area contributed by atoms with Crippen LogP contribution in [0.15, 0.2) is 29.8 Å². The quantitative estimate of drug-likeness (QED) is 0.584. The molecule has 2 rings (SSSR count). The summed E-state index contributed by atoms with van der Waals surface area (Å²) < 4.78 is 14.0. The Balaban J connectivity index is 2.19. The number of hydrogen-bond donors (Lipinski definition) is 3. The SMILES string of the molecule is CCC(NC(=O)c1ccnc(NN)c1F)c1cccs1. The van der Waals surface area contributed by atoms with Gasteiger partial charge in [0, 0.05) is 11.1 Å². The van der Waals surface area contributed by atoms with E-state index in [1.165, 1.54) is 12.3 Å². The van der Waals surface area contributed by atoms with Gasteiger partial charge < -0.3 is 10.7 Å². The predicted molar refractivity (Wildman–Crippen MR) is 76.8 cm³/mol. The van der Waals surface area contributed by atoms with Crippen molar-refractivity contribution in [1.29, 1.82) is 0 Å². The van der Waals surface area contributed by atoms with Crippen LogP contribution >= 0.6 is 11.3 Å². The lowest BCUT2D eigenvalue weighted by molar-refractivity contribution is 0.0932. The Morgan fingerprint density at radius 1 is 1.55 bits per heavy atom. The molecule has 1 unspecified atom stereocenters. The number of carbonyl (C=O) groups excluding carboxylic acids is 1. The average Bonchev–Trinajstić information content (AvgIpc) is 2.98. The zero-order valence-electron chi connectivity index (χ0n) is 10.9. The number of hydrazine groups is 1. The van der Waals surface area contributed by atoms with Crippen LogP contribution in [0.2, 0.25) is 0 Å². The first-order valence-corrected chi connectivity index (χ1v) is 7.00. The number of aromatic nitrogens is 1. The van der Waals surface area contributed by atoms with Gasteiger partial charge >= 0.3 is 0 Å². The van der Waals surface area contributed by atoms with E-state index in [2.05, 4.69) is 15.7 Å². The number of hydrogen-bond acceptors (Lipinski definition) is 5. The van der Waals surface area contributed by atoms with Crippen molar-refractivity contribution < 1.29 is 9.18 Å². The molecular formula is C13H15FN4OS. The summed E-state index contributed by atoms with van der Waals surface area (Å²) in [5, 5.41) is 4.75. The van der Waals surface area contributed by atoms with Gasteiger partial charge in [0.25, 0.3) is 5.91 Å². The molecule has 0 saturated carbocycles. The fourth-order valence-electron chi connectivity index (χ4n) is 1.82. The average molecular weight is 294 g/mol. The second-order valence-electron chi connectivity index (χ2n) is 4.12. The van der Waals surface area contributed by atoms with Gasteiger partial charge in [-0.25, -0.2) is 15.2 Å². The van der Waals surface area contributed by atoms with Crippen LogP contribution < -0.4 is 16.6 Å². The fourth-order valence-corrected chi connectivity index (χ4v) is 2.68. The molecule has 2 aromatic heterocycles. The number of nitrogens with two attached hydrogens (primary N) is 1. The van der Waals surface area contributed by atoms with Gasteiger partial charge in [0.05, 0.1) is 11.6 Å². The minimum absolute atomic E-state index is 0.0806. The Labute approximate surface area is 120 Å². The number of rotatable bonds is 5. The van der Waals surface area contributed by atoms with Crippen LogP contribution in [0.4, 0.5) is 10.2 Å². The monoisotopic (exact) mass is 294 g/mol. The highest BCUT2D eigenvalue weighted by molar-refractivity contribution is 7.10. The van der Waals surface area contributed by atoms with Crippen molar-refractivity contribution >= 4 is 23.1 Å². The molecule has 0 radical (unpaired) electrons. The minimum Gasteiger partial charge on any atom is -0.344 e. The topological polar surface area (TPSA) is 80.0 Å². The first-order chi connectivity index (χ1) is 9.67. The minimum atomic E-state index is -0.756. The number of halogens is 1.